The van der Waals surface area contributed by atoms with Gasteiger partial charge in [-0.05, 0) is 122 Å². The monoisotopic (exact) mass is 826 g/mol. The Morgan fingerprint density at radius 1 is 0.655 bits per heavy atom. The zero-order valence-electron chi connectivity index (χ0n) is 34.2. The van der Waals surface area contributed by atoms with E-state index in [-0.39, 0.29) is 0 Å². The van der Waals surface area contributed by atoms with Gasteiger partial charge in [0.25, 0.3) is 0 Å². The number of hydrogen-bond donors (Lipinski definition) is 4. The highest BCUT2D eigenvalue weighted by Crippen LogP contribution is 2.42. The summed E-state index contributed by atoms with van der Waals surface area (Å²) in [6.07, 6.45) is 11.5. The molecule has 2 aromatic carbocycles. The fraction of sp³-hybridized carbons (Fsp3) is 0.522. The van der Waals surface area contributed by atoms with Crippen LogP contribution in [0.2, 0.25) is 10.0 Å². The molecule has 310 valence electrons. The van der Waals surface area contributed by atoms with E-state index >= 15 is 0 Å². The third-order valence-corrected chi connectivity index (χ3v) is 13.8. The molecule has 4 N–H and O–H groups in total. The number of nitrogens with zero attached hydrogens (tertiary/aromatic N) is 4. The van der Waals surface area contributed by atoms with Crippen LogP contribution in [0.15, 0.2) is 60.8 Å². The summed E-state index contributed by atoms with van der Waals surface area (Å²) < 4.78 is 11.7. The molecule has 8 rings (SSSR count). The predicted molar refractivity (Wildman–Crippen MR) is 236 cm³/mol. The Kier molecular flexibility index (Phi) is 14.2. The Morgan fingerprint density at radius 2 is 1.22 bits per heavy atom. The number of ether oxygens (including phenoxy) is 2. The van der Waals surface area contributed by atoms with E-state index in [1.54, 1.807) is 20.4 Å². The summed E-state index contributed by atoms with van der Waals surface area (Å²) in [6.45, 7) is 10.7. The Hall–Kier alpha value is -3.32. The first-order chi connectivity index (χ1) is 28.5. The van der Waals surface area contributed by atoms with E-state index in [2.05, 4.69) is 49.3 Å². The van der Waals surface area contributed by atoms with Crippen molar-refractivity contribution < 1.29 is 9.47 Å². The molecule has 2 aromatic heterocycles. The van der Waals surface area contributed by atoms with Gasteiger partial charge in [0.1, 0.15) is 5.75 Å². The van der Waals surface area contributed by atoms with Gasteiger partial charge in [0.15, 0.2) is 0 Å². The van der Waals surface area contributed by atoms with Crippen LogP contribution in [0.5, 0.6) is 11.6 Å². The fourth-order valence-electron chi connectivity index (χ4n) is 9.55. The molecule has 4 aliphatic heterocycles. The minimum absolute atomic E-state index is 0.488. The molecule has 10 nitrogen and oxygen atoms in total. The lowest BCUT2D eigenvalue weighted by molar-refractivity contribution is 0.120. The number of pyridine rings is 2. The molecule has 0 spiro atoms. The van der Waals surface area contributed by atoms with Crippen molar-refractivity contribution in [3.8, 4) is 45.3 Å². The summed E-state index contributed by atoms with van der Waals surface area (Å²) in [5, 5.41) is 15.7. The van der Waals surface area contributed by atoms with Gasteiger partial charge in [0, 0.05) is 76.8 Å². The maximum atomic E-state index is 7.22. The molecular formula is C46H60Cl2N8O2. The highest BCUT2D eigenvalue weighted by Gasteiger charge is 2.28. The number of hydrogen-bond acceptors (Lipinski definition) is 10. The molecule has 0 unspecified atom stereocenters. The van der Waals surface area contributed by atoms with Crippen LogP contribution in [-0.4, -0.2) is 111 Å². The first kappa shape index (κ1) is 41.4. The molecule has 0 aliphatic carbocycles. The maximum absolute atomic E-state index is 7.22. The average Bonchev–Trinajstić information content (AvgIpc) is 3.29. The standard InChI is InChI=1S/C46H60Cl2N8O2/c1-57-42-28-31(6-7-32(42)29-52-34-15-24-55(25-16-34)36-10-19-49-20-11-36)45-44(48)39(14-23-51-45)38-4-3-5-40(43(38)47)41-9-8-33(46(54-41)58-2)30-53-35-17-26-56(27-18-35)37-12-21-50-22-13-37/h3-9,14,23,28,34-37,49-50,52-53H,10-13,15-22,24-27,29-30H2,1-2H3. The van der Waals surface area contributed by atoms with Crippen LogP contribution in [0.3, 0.4) is 0 Å². The van der Waals surface area contributed by atoms with E-state index < -0.39 is 0 Å². The summed E-state index contributed by atoms with van der Waals surface area (Å²) in [5.74, 6) is 1.42. The second-order valence-electron chi connectivity index (χ2n) is 16.4. The van der Waals surface area contributed by atoms with Crippen molar-refractivity contribution >= 4 is 23.2 Å². The van der Waals surface area contributed by atoms with Gasteiger partial charge < -0.3 is 40.5 Å². The van der Waals surface area contributed by atoms with E-state index in [4.69, 9.17) is 42.6 Å². The largest absolute Gasteiger partial charge is 0.496 e. The van der Waals surface area contributed by atoms with Crippen molar-refractivity contribution in [1.82, 2.24) is 41.0 Å². The lowest BCUT2D eigenvalue weighted by atomic mass is 9.98. The Labute approximate surface area is 354 Å². The van der Waals surface area contributed by atoms with Crippen molar-refractivity contribution in [3.63, 3.8) is 0 Å². The summed E-state index contributed by atoms with van der Waals surface area (Å²) in [7, 11) is 3.41. The van der Waals surface area contributed by atoms with Gasteiger partial charge in [-0.15, -0.1) is 0 Å². The first-order valence-corrected chi connectivity index (χ1v) is 22.3. The van der Waals surface area contributed by atoms with Crippen LogP contribution < -0.4 is 30.7 Å². The number of rotatable bonds is 13. The smallest absolute Gasteiger partial charge is 0.218 e. The molecule has 12 heteroatoms. The summed E-state index contributed by atoms with van der Waals surface area (Å²) in [4.78, 5) is 15.1. The van der Waals surface area contributed by atoms with E-state index in [1.807, 2.05) is 36.4 Å². The Balaban J connectivity index is 0.919. The molecule has 0 bridgehead atoms. The van der Waals surface area contributed by atoms with Gasteiger partial charge in [0.05, 0.1) is 35.7 Å². The number of methoxy groups -OCH3 is 2. The number of aromatic nitrogens is 2. The minimum Gasteiger partial charge on any atom is -0.496 e. The molecule has 0 saturated carbocycles. The quantitative estimate of drug-likeness (QED) is 0.109. The van der Waals surface area contributed by atoms with E-state index in [0.29, 0.717) is 40.2 Å². The van der Waals surface area contributed by atoms with Crippen LogP contribution in [-0.2, 0) is 13.1 Å². The van der Waals surface area contributed by atoms with Gasteiger partial charge >= 0.3 is 0 Å². The van der Waals surface area contributed by atoms with Crippen molar-refractivity contribution in [2.45, 2.75) is 88.6 Å². The zero-order chi connectivity index (χ0) is 39.8. The number of nitrogens with one attached hydrogen (secondary N) is 4. The molecule has 4 fully saturated rings. The minimum atomic E-state index is 0.488. The Bertz CT molecular complexity index is 1830. The maximum Gasteiger partial charge on any atom is 0.218 e. The summed E-state index contributed by atoms with van der Waals surface area (Å²) in [5.41, 5.74) is 6.89. The SMILES string of the molecule is COc1cc(-c2nccc(-c3cccc(-c4ccc(CNC5CCN(C6CCNCC6)CC5)c(OC)n4)c3Cl)c2Cl)ccc1CNC1CCN(C2CCNCC2)CC1. The summed E-state index contributed by atoms with van der Waals surface area (Å²) in [6, 6.07) is 20.7. The van der Waals surface area contributed by atoms with Crippen molar-refractivity contribution in [2.75, 3.05) is 66.6 Å². The van der Waals surface area contributed by atoms with Gasteiger partial charge in [0.2, 0.25) is 5.88 Å². The Morgan fingerprint density at radius 3 is 1.83 bits per heavy atom. The van der Waals surface area contributed by atoms with E-state index in [0.717, 1.165) is 116 Å². The average molecular weight is 828 g/mol. The molecule has 0 atom stereocenters. The van der Waals surface area contributed by atoms with Crippen molar-refractivity contribution in [3.05, 3.63) is 82.0 Å². The third kappa shape index (κ3) is 9.66. The lowest BCUT2D eigenvalue weighted by Gasteiger charge is -2.39. The van der Waals surface area contributed by atoms with Crippen LogP contribution in [0.25, 0.3) is 33.6 Å². The third-order valence-electron chi connectivity index (χ3n) is 13.0. The summed E-state index contributed by atoms with van der Waals surface area (Å²) >= 11 is 14.4. The number of piperidine rings is 4. The highest BCUT2D eigenvalue weighted by atomic mass is 35.5. The molecule has 0 amide bonds. The van der Waals surface area contributed by atoms with Crippen molar-refractivity contribution in [2.24, 2.45) is 0 Å². The first-order valence-electron chi connectivity index (χ1n) is 21.5. The molecule has 0 radical (unpaired) electrons. The highest BCUT2D eigenvalue weighted by molar-refractivity contribution is 6.39. The van der Waals surface area contributed by atoms with E-state index in [9.17, 15) is 0 Å². The molecular weight excluding hydrogens is 767 g/mol. The van der Waals surface area contributed by atoms with Crippen LogP contribution >= 0.6 is 23.2 Å². The van der Waals surface area contributed by atoms with Crippen molar-refractivity contribution in [1.29, 1.82) is 0 Å². The molecule has 4 saturated heterocycles. The van der Waals surface area contributed by atoms with Gasteiger partial charge in [-0.25, -0.2) is 4.98 Å². The zero-order valence-corrected chi connectivity index (χ0v) is 35.7. The normalized spacial score (nSPS) is 19.7. The molecule has 4 aromatic rings. The predicted octanol–water partition coefficient (Wildman–Crippen LogP) is 7.41. The van der Waals surface area contributed by atoms with Crippen LogP contribution in [0.1, 0.15) is 62.5 Å². The van der Waals surface area contributed by atoms with Crippen LogP contribution in [0, 0.1) is 0 Å². The van der Waals surface area contributed by atoms with E-state index in [1.165, 1.54) is 51.6 Å². The lowest BCUT2D eigenvalue weighted by Crippen LogP contribution is -2.49. The topological polar surface area (TPSA) is 98.8 Å². The molecule has 4 aliphatic rings. The molecule has 6 heterocycles. The second kappa shape index (κ2) is 19.8. The number of likely N-dealkylation sites (tertiary alicyclic amines) is 2. The van der Waals surface area contributed by atoms with Gasteiger partial charge in [-0.3, -0.25) is 4.98 Å². The number of halogens is 2. The van der Waals surface area contributed by atoms with Crippen LogP contribution in [0.4, 0.5) is 0 Å². The van der Waals surface area contributed by atoms with Gasteiger partial charge in [-0.1, -0.05) is 59.6 Å². The second-order valence-corrected chi connectivity index (χ2v) is 17.2. The number of benzene rings is 2. The van der Waals surface area contributed by atoms with Gasteiger partial charge in [-0.2, -0.15) is 0 Å². The fourth-order valence-corrected chi connectivity index (χ4v) is 10.2. The molecule has 58 heavy (non-hydrogen) atoms.